The summed E-state index contributed by atoms with van der Waals surface area (Å²) >= 11 is 0. The first kappa shape index (κ1) is 18.3. The minimum Gasteiger partial charge on any atom is -0.435 e. The van der Waals surface area contributed by atoms with Gasteiger partial charge in [-0.2, -0.15) is 27.2 Å². The normalized spacial score (nSPS) is 11.4. The minimum absolute atomic E-state index is 0.0285. The molecule has 27 heavy (non-hydrogen) atoms. The smallest absolute Gasteiger partial charge is 0.416 e. The van der Waals surface area contributed by atoms with Gasteiger partial charge in [0.15, 0.2) is 5.69 Å². The Kier molecular flexibility index (Phi) is 4.77. The zero-order valence-corrected chi connectivity index (χ0v) is 13.3. The van der Waals surface area contributed by atoms with Crippen LogP contribution in [0.15, 0.2) is 42.5 Å². The second kappa shape index (κ2) is 7.03. The van der Waals surface area contributed by atoms with Gasteiger partial charge in [0.05, 0.1) is 5.56 Å². The van der Waals surface area contributed by atoms with Gasteiger partial charge in [-0.1, -0.05) is 17.3 Å². The van der Waals surface area contributed by atoms with Crippen LogP contribution in [0, 0.1) is 11.3 Å². The van der Waals surface area contributed by atoms with Gasteiger partial charge in [-0.05, 0) is 41.5 Å². The van der Waals surface area contributed by atoms with Crippen molar-refractivity contribution in [2.24, 2.45) is 0 Å². The van der Waals surface area contributed by atoms with Crippen LogP contribution in [0.5, 0.6) is 5.75 Å². The van der Waals surface area contributed by atoms with Crippen LogP contribution in [0.3, 0.4) is 0 Å². The molecule has 0 aliphatic heterocycles. The van der Waals surface area contributed by atoms with Crippen LogP contribution in [0.4, 0.5) is 22.0 Å². The molecule has 0 bridgehead atoms. The Labute approximate surface area is 149 Å². The monoisotopic (exact) mass is 380 g/mol. The van der Waals surface area contributed by atoms with E-state index in [1.807, 2.05) is 0 Å². The van der Waals surface area contributed by atoms with Gasteiger partial charge in [0, 0.05) is 5.56 Å². The van der Waals surface area contributed by atoms with E-state index in [1.165, 1.54) is 30.3 Å². The van der Waals surface area contributed by atoms with Crippen molar-refractivity contribution < 1.29 is 26.7 Å². The zero-order valence-electron chi connectivity index (χ0n) is 13.3. The van der Waals surface area contributed by atoms with E-state index in [0.29, 0.717) is 0 Å². The fourth-order valence-corrected chi connectivity index (χ4v) is 2.46. The topological polar surface area (TPSA) is 74.6 Å². The van der Waals surface area contributed by atoms with E-state index >= 15 is 0 Å². The Hall–Kier alpha value is -3.48. The lowest BCUT2D eigenvalue weighted by molar-refractivity contribution is -0.137. The van der Waals surface area contributed by atoms with Crippen molar-refractivity contribution in [2.45, 2.75) is 12.8 Å². The number of H-pyrrole nitrogens is 1. The Balaban J connectivity index is 2.16. The molecule has 0 unspecified atom stereocenters. The fraction of sp³-hybridized carbons (Fsp3) is 0.118. The Morgan fingerprint density at radius 3 is 2.44 bits per heavy atom. The Morgan fingerprint density at radius 2 is 1.78 bits per heavy atom. The van der Waals surface area contributed by atoms with Gasteiger partial charge in [-0.15, -0.1) is 5.10 Å². The first-order valence-electron chi connectivity index (χ1n) is 7.37. The van der Waals surface area contributed by atoms with Crippen molar-refractivity contribution in [3.63, 3.8) is 0 Å². The molecule has 10 heteroatoms. The summed E-state index contributed by atoms with van der Waals surface area (Å²) in [6, 6.07) is 9.98. The molecule has 1 N–H and O–H groups in total. The van der Waals surface area contributed by atoms with Crippen molar-refractivity contribution in [2.75, 3.05) is 0 Å². The molecule has 1 heterocycles. The van der Waals surface area contributed by atoms with Gasteiger partial charge < -0.3 is 4.74 Å². The summed E-state index contributed by atoms with van der Waals surface area (Å²) in [6.07, 6.45) is -4.56. The molecule has 0 aliphatic rings. The zero-order chi connectivity index (χ0) is 19.6. The number of nitrogens with one attached hydrogen (secondary N) is 1. The third-order valence-corrected chi connectivity index (χ3v) is 3.59. The Morgan fingerprint density at radius 1 is 1.04 bits per heavy atom. The largest absolute Gasteiger partial charge is 0.435 e. The number of nitriles is 1. The van der Waals surface area contributed by atoms with Gasteiger partial charge in [0.2, 0.25) is 0 Å². The first-order chi connectivity index (χ1) is 12.8. The van der Waals surface area contributed by atoms with Crippen LogP contribution >= 0.6 is 0 Å². The molecule has 0 aliphatic carbocycles. The number of aromatic nitrogens is 3. The van der Waals surface area contributed by atoms with Crippen LogP contribution in [-0.4, -0.2) is 22.0 Å². The average Bonchev–Trinajstić information content (AvgIpc) is 3.09. The molecular weight excluding hydrogens is 371 g/mol. The maximum absolute atomic E-state index is 13.0. The molecular formula is C17H9F5N4O. The SMILES string of the molecule is N#Cc1[nH]nnc1-c1cc(OC(F)F)cc(-c2cccc(C(F)(F)F)c2)c1. The van der Waals surface area contributed by atoms with Crippen LogP contribution in [0.25, 0.3) is 22.4 Å². The highest BCUT2D eigenvalue weighted by molar-refractivity contribution is 5.75. The van der Waals surface area contributed by atoms with Crippen molar-refractivity contribution in [3.8, 4) is 34.2 Å². The molecule has 0 saturated carbocycles. The maximum Gasteiger partial charge on any atom is 0.416 e. The van der Waals surface area contributed by atoms with Crippen molar-refractivity contribution in [1.29, 1.82) is 5.26 Å². The highest BCUT2D eigenvalue weighted by atomic mass is 19.4. The highest BCUT2D eigenvalue weighted by Crippen LogP contribution is 2.35. The quantitative estimate of drug-likeness (QED) is 0.670. The number of benzene rings is 2. The molecule has 1 aromatic heterocycles. The number of ether oxygens (including phenoxy) is 1. The van der Waals surface area contributed by atoms with E-state index in [2.05, 4.69) is 20.1 Å². The summed E-state index contributed by atoms with van der Waals surface area (Å²) in [5.74, 6) is -0.290. The Bertz CT molecular complexity index is 1010. The lowest BCUT2D eigenvalue weighted by Gasteiger charge is -2.12. The molecule has 0 saturated heterocycles. The molecule has 0 atom stereocenters. The summed E-state index contributed by atoms with van der Waals surface area (Å²) in [7, 11) is 0. The molecule has 3 aromatic rings. The van der Waals surface area contributed by atoms with Gasteiger partial charge >= 0.3 is 12.8 Å². The summed E-state index contributed by atoms with van der Waals surface area (Å²) < 4.78 is 68.5. The fourth-order valence-electron chi connectivity index (χ4n) is 2.46. The van der Waals surface area contributed by atoms with E-state index in [9.17, 15) is 22.0 Å². The third kappa shape index (κ3) is 4.03. The predicted octanol–water partition coefficient (Wildman–Crippen LogP) is 4.63. The molecule has 0 spiro atoms. The molecule has 3 rings (SSSR count). The minimum atomic E-state index is -4.56. The maximum atomic E-state index is 13.0. The molecule has 0 fully saturated rings. The lowest BCUT2D eigenvalue weighted by atomic mass is 9.99. The first-order valence-corrected chi connectivity index (χ1v) is 7.37. The van der Waals surface area contributed by atoms with Gasteiger partial charge in [0.1, 0.15) is 17.5 Å². The third-order valence-electron chi connectivity index (χ3n) is 3.59. The standard InChI is InChI=1S/C17H9F5N4O/c18-16(19)27-13-6-10(9-2-1-3-12(5-9)17(20,21)22)4-11(7-13)15-14(8-23)24-26-25-15/h1-7,16H,(H,24,25,26). The van der Waals surface area contributed by atoms with Gasteiger partial charge in [0.25, 0.3) is 0 Å². The number of aromatic amines is 1. The van der Waals surface area contributed by atoms with Crippen molar-refractivity contribution in [1.82, 2.24) is 15.4 Å². The van der Waals surface area contributed by atoms with Crippen LogP contribution < -0.4 is 4.74 Å². The van der Waals surface area contributed by atoms with E-state index in [-0.39, 0.29) is 33.8 Å². The lowest BCUT2D eigenvalue weighted by Crippen LogP contribution is -2.05. The van der Waals surface area contributed by atoms with Crippen molar-refractivity contribution in [3.05, 3.63) is 53.7 Å². The van der Waals surface area contributed by atoms with E-state index < -0.39 is 18.4 Å². The van der Waals surface area contributed by atoms with Crippen LogP contribution in [0.1, 0.15) is 11.3 Å². The number of halogens is 5. The van der Waals surface area contributed by atoms with E-state index in [1.54, 1.807) is 6.07 Å². The number of hydrogen-bond donors (Lipinski definition) is 1. The summed E-state index contributed by atoms with van der Waals surface area (Å²) in [6.45, 7) is -3.14. The second-order valence-electron chi connectivity index (χ2n) is 5.35. The molecule has 5 nitrogen and oxygen atoms in total. The highest BCUT2D eigenvalue weighted by Gasteiger charge is 2.30. The summed E-state index contributed by atoms with van der Waals surface area (Å²) in [5, 5.41) is 18.6. The van der Waals surface area contributed by atoms with Gasteiger partial charge in [-0.25, -0.2) is 5.10 Å². The van der Waals surface area contributed by atoms with Crippen molar-refractivity contribution >= 4 is 0 Å². The second-order valence-corrected chi connectivity index (χ2v) is 5.35. The molecule has 2 aromatic carbocycles. The van der Waals surface area contributed by atoms with Crippen LogP contribution in [0.2, 0.25) is 0 Å². The number of hydrogen-bond acceptors (Lipinski definition) is 4. The van der Waals surface area contributed by atoms with E-state index in [4.69, 9.17) is 5.26 Å². The molecule has 0 amide bonds. The van der Waals surface area contributed by atoms with E-state index in [0.717, 1.165) is 12.1 Å². The summed E-state index contributed by atoms with van der Waals surface area (Å²) in [5.41, 5.74) is -0.356. The summed E-state index contributed by atoms with van der Waals surface area (Å²) in [4.78, 5) is 0. The number of nitrogens with zero attached hydrogens (tertiary/aromatic N) is 3. The predicted molar refractivity (Wildman–Crippen MR) is 83.6 cm³/mol. The average molecular weight is 380 g/mol. The number of alkyl halides is 5. The molecule has 138 valence electrons. The molecule has 0 radical (unpaired) electrons. The number of rotatable bonds is 4. The van der Waals surface area contributed by atoms with Crippen LogP contribution in [-0.2, 0) is 6.18 Å². The van der Waals surface area contributed by atoms with Gasteiger partial charge in [-0.3, -0.25) is 0 Å².